The van der Waals surface area contributed by atoms with Crippen LogP contribution < -0.4 is 20.1 Å². The van der Waals surface area contributed by atoms with E-state index in [1.807, 2.05) is 19.9 Å². The molecule has 5 rings (SSSR count). The van der Waals surface area contributed by atoms with Gasteiger partial charge in [0.15, 0.2) is 0 Å². The molecule has 2 amide bonds. The van der Waals surface area contributed by atoms with Crippen LogP contribution in [0.3, 0.4) is 0 Å². The van der Waals surface area contributed by atoms with Crippen molar-refractivity contribution in [2.24, 2.45) is 4.99 Å². The Balaban J connectivity index is 1.53. The summed E-state index contributed by atoms with van der Waals surface area (Å²) >= 11 is 6.71. The van der Waals surface area contributed by atoms with Crippen LogP contribution in [0.2, 0.25) is 5.02 Å². The number of amides is 2. The summed E-state index contributed by atoms with van der Waals surface area (Å²) in [6, 6.07) is 15.2. The second-order valence-electron chi connectivity index (χ2n) is 9.10. The van der Waals surface area contributed by atoms with Crippen molar-refractivity contribution in [3.8, 4) is 11.6 Å². The number of aliphatic imine (C=N–C) groups is 1. The number of carbonyl (C=O) groups excluding carboxylic acids is 2. The third-order valence-corrected chi connectivity index (χ3v) is 6.41. The van der Waals surface area contributed by atoms with E-state index in [4.69, 9.17) is 21.1 Å². The van der Waals surface area contributed by atoms with Gasteiger partial charge in [-0.1, -0.05) is 35.9 Å². The van der Waals surface area contributed by atoms with Gasteiger partial charge in [0, 0.05) is 23.5 Å². The maximum absolute atomic E-state index is 14.2. The average Bonchev–Trinajstić information content (AvgIpc) is 3.08. The molecule has 4 aromatic rings. The van der Waals surface area contributed by atoms with E-state index in [9.17, 15) is 14.0 Å². The van der Waals surface area contributed by atoms with Gasteiger partial charge in [-0.15, -0.1) is 0 Å². The summed E-state index contributed by atoms with van der Waals surface area (Å²) < 4.78 is 25.8. The fraction of sp³-hybridized carbons (Fsp3) is 0.167. The molecule has 0 fully saturated rings. The number of halogens is 2. The number of aromatic nitrogens is 2. The van der Waals surface area contributed by atoms with E-state index < -0.39 is 23.8 Å². The zero-order chi connectivity index (χ0) is 28.9. The van der Waals surface area contributed by atoms with Crippen LogP contribution in [0.4, 0.5) is 10.1 Å². The number of carbonyl (C=O) groups is 2. The van der Waals surface area contributed by atoms with Crippen molar-refractivity contribution in [1.29, 1.82) is 0 Å². The number of ether oxygens (including phenoxy) is 2. The second-order valence-corrected chi connectivity index (χ2v) is 9.50. The van der Waals surface area contributed by atoms with Gasteiger partial charge < -0.3 is 20.1 Å². The molecule has 1 unspecified atom stereocenters. The Bertz CT molecular complexity index is 1650. The van der Waals surface area contributed by atoms with Crippen molar-refractivity contribution in [2.75, 3.05) is 11.9 Å². The van der Waals surface area contributed by atoms with Crippen molar-refractivity contribution in [3.05, 3.63) is 112 Å². The topological polar surface area (TPSA) is 115 Å². The molecule has 1 aliphatic heterocycles. The lowest BCUT2D eigenvalue weighted by Crippen LogP contribution is -2.42. The first kappa shape index (κ1) is 27.7. The fourth-order valence-corrected chi connectivity index (χ4v) is 4.66. The van der Waals surface area contributed by atoms with Gasteiger partial charge in [0.05, 0.1) is 34.8 Å². The summed E-state index contributed by atoms with van der Waals surface area (Å²) in [4.78, 5) is 39.4. The first-order valence-corrected chi connectivity index (χ1v) is 13.1. The zero-order valence-electron chi connectivity index (χ0n) is 22.2. The molecule has 2 aromatic carbocycles. The van der Waals surface area contributed by atoms with E-state index in [2.05, 4.69) is 25.6 Å². The molecular weight excluding hydrogens is 549 g/mol. The van der Waals surface area contributed by atoms with Gasteiger partial charge in [-0.25, -0.2) is 14.4 Å². The Hall–Kier alpha value is -4.83. The highest BCUT2D eigenvalue weighted by Crippen LogP contribution is 2.34. The average molecular weight is 574 g/mol. The molecule has 9 nitrogen and oxygen atoms in total. The Morgan fingerprint density at radius 2 is 1.95 bits per heavy atom. The van der Waals surface area contributed by atoms with Crippen LogP contribution in [0.25, 0.3) is 0 Å². The normalized spacial score (nSPS) is 14.3. The van der Waals surface area contributed by atoms with Crippen LogP contribution in [-0.2, 0) is 11.4 Å². The fourth-order valence-electron chi connectivity index (χ4n) is 4.31. The van der Waals surface area contributed by atoms with Crippen LogP contribution in [0.5, 0.6) is 11.6 Å². The highest BCUT2D eigenvalue weighted by atomic mass is 35.5. The Morgan fingerprint density at radius 3 is 2.73 bits per heavy atom. The zero-order valence-corrected chi connectivity index (χ0v) is 22.9. The van der Waals surface area contributed by atoms with Crippen LogP contribution in [0.15, 0.2) is 78.2 Å². The van der Waals surface area contributed by atoms with Gasteiger partial charge >= 0.3 is 0 Å². The molecule has 1 atom stereocenters. The van der Waals surface area contributed by atoms with Crippen molar-refractivity contribution in [1.82, 2.24) is 15.3 Å². The van der Waals surface area contributed by atoms with Crippen LogP contribution in [0.1, 0.15) is 39.5 Å². The Kier molecular flexibility index (Phi) is 8.21. The molecular formula is C30H25ClFN5O4. The van der Waals surface area contributed by atoms with Crippen molar-refractivity contribution < 1.29 is 23.5 Å². The number of hydrogen-bond acceptors (Lipinski definition) is 7. The monoisotopic (exact) mass is 573 g/mol. The molecule has 41 heavy (non-hydrogen) atoms. The van der Waals surface area contributed by atoms with E-state index >= 15 is 0 Å². The summed E-state index contributed by atoms with van der Waals surface area (Å²) in [6.45, 7) is 4.14. The maximum Gasteiger partial charge on any atom is 0.269 e. The Labute approximate surface area is 240 Å². The number of aryl methyl sites for hydroxylation is 1. The third kappa shape index (κ3) is 6.17. The van der Waals surface area contributed by atoms with Crippen LogP contribution in [0, 0.1) is 12.7 Å². The SMILES string of the molecule is CCOc1cc(C)cc(Cl)c1C1=NC(NC(=O)c2cc(F)cnc2OCc2cccnc2)C(=O)Nc2ccccc21. The van der Waals surface area contributed by atoms with Crippen LogP contribution in [-0.4, -0.2) is 40.3 Å². The second kappa shape index (κ2) is 12.1. The summed E-state index contributed by atoms with van der Waals surface area (Å²) in [5.74, 6) is -1.81. The van der Waals surface area contributed by atoms with Gasteiger partial charge in [0.25, 0.3) is 11.8 Å². The largest absolute Gasteiger partial charge is 0.493 e. The van der Waals surface area contributed by atoms with Crippen molar-refractivity contribution in [2.45, 2.75) is 26.6 Å². The summed E-state index contributed by atoms with van der Waals surface area (Å²) in [7, 11) is 0. The summed E-state index contributed by atoms with van der Waals surface area (Å²) in [5.41, 5.74) is 3.25. The first-order chi connectivity index (χ1) is 19.8. The number of hydrogen-bond donors (Lipinski definition) is 2. The van der Waals surface area contributed by atoms with E-state index in [1.54, 1.807) is 54.9 Å². The van der Waals surface area contributed by atoms with Crippen molar-refractivity contribution >= 4 is 34.8 Å². The molecule has 0 bridgehead atoms. The number of fused-ring (bicyclic) bond motifs is 1. The molecule has 0 saturated heterocycles. The maximum atomic E-state index is 14.2. The van der Waals surface area contributed by atoms with Gasteiger partial charge in [-0.3, -0.25) is 14.6 Å². The number of benzene rings is 2. The molecule has 2 aromatic heterocycles. The molecule has 0 saturated carbocycles. The molecule has 11 heteroatoms. The number of anilines is 1. The molecule has 0 aliphatic carbocycles. The predicted molar refractivity (Wildman–Crippen MR) is 152 cm³/mol. The van der Waals surface area contributed by atoms with Gasteiger partial charge in [-0.2, -0.15) is 0 Å². The van der Waals surface area contributed by atoms with Gasteiger partial charge in [0.1, 0.15) is 23.7 Å². The minimum Gasteiger partial charge on any atom is -0.493 e. The lowest BCUT2D eigenvalue weighted by Gasteiger charge is -2.17. The van der Waals surface area contributed by atoms with Crippen molar-refractivity contribution in [3.63, 3.8) is 0 Å². The highest BCUT2D eigenvalue weighted by molar-refractivity contribution is 6.37. The Morgan fingerprint density at radius 1 is 1.12 bits per heavy atom. The number of nitrogens with zero attached hydrogens (tertiary/aromatic N) is 3. The third-order valence-electron chi connectivity index (χ3n) is 6.11. The molecule has 0 spiro atoms. The van der Waals surface area contributed by atoms with E-state index in [-0.39, 0.29) is 18.1 Å². The number of benzodiazepines with no additional fused rings is 1. The molecule has 0 radical (unpaired) electrons. The predicted octanol–water partition coefficient (Wildman–Crippen LogP) is 5.10. The highest BCUT2D eigenvalue weighted by Gasteiger charge is 2.30. The molecule has 2 N–H and O–H groups in total. The summed E-state index contributed by atoms with van der Waals surface area (Å²) in [5, 5.41) is 5.75. The van der Waals surface area contributed by atoms with Crippen LogP contribution >= 0.6 is 11.6 Å². The quantitative estimate of drug-likeness (QED) is 0.303. The molecule has 208 valence electrons. The minimum absolute atomic E-state index is 0.0421. The lowest BCUT2D eigenvalue weighted by atomic mass is 9.98. The number of pyridine rings is 2. The molecule has 3 heterocycles. The number of para-hydroxylation sites is 1. The number of rotatable bonds is 8. The number of nitrogens with one attached hydrogen (secondary N) is 2. The first-order valence-electron chi connectivity index (χ1n) is 12.7. The minimum atomic E-state index is -1.41. The van der Waals surface area contributed by atoms with Gasteiger partial charge in [-0.05, 0) is 49.7 Å². The van der Waals surface area contributed by atoms with Gasteiger partial charge in [0.2, 0.25) is 12.0 Å². The van der Waals surface area contributed by atoms with E-state index in [1.165, 1.54) is 0 Å². The van der Waals surface area contributed by atoms with E-state index in [0.717, 1.165) is 23.4 Å². The standard InChI is InChI=1S/C30H25ClFN5O4/c1-3-40-24-12-17(2)11-22(31)25(24)26-20-8-4-5-9-23(20)35-29(39)27(36-26)37-28(38)21-13-19(32)15-34-30(21)41-16-18-7-6-10-33-14-18/h4-15,27H,3,16H2,1-2H3,(H,35,39)(H,37,38). The molecule has 1 aliphatic rings. The van der Waals surface area contributed by atoms with E-state index in [0.29, 0.717) is 39.9 Å². The smallest absolute Gasteiger partial charge is 0.269 e. The lowest BCUT2D eigenvalue weighted by molar-refractivity contribution is -0.117. The summed E-state index contributed by atoms with van der Waals surface area (Å²) in [6.07, 6.45) is 2.74.